The molecule has 0 aliphatic rings. The summed E-state index contributed by atoms with van der Waals surface area (Å²) in [5.74, 6) is -0.351. The monoisotopic (exact) mass is 260 g/mol. The number of methoxy groups -OCH3 is 2. The lowest BCUT2D eigenvalue weighted by molar-refractivity contribution is -0.146. The van der Waals surface area contributed by atoms with Gasteiger partial charge in [0.15, 0.2) is 0 Å². The molecule has 0 spiro atoms. The zero-order valence-electron chi connectivity index (χ0n) is 12.4. The first-order valence-corrected chi connectivity index (χ1v) is 6.49. The van der Waals surface area contributed by atoms with Gasteiger partial charge < -0.3 is 15.2 Å². The van der Waals surface area contributed by atoms with E-state index in [1.807, 2.05) is 0 Å². The van der Waals surface area contributed by atoms with Gasteiger partial charge in [0.05, 0.1) is 13.7 Å². The molecule has 108 valence electrons. The average molecular weight is 260 g/mol. The highest BCUT2D eigenvalue weighted by atomic mass is 16.5. The molecule has 0 aromatic rings. The molecule has 0 aliphatic heterocycles. The molecule has 0 saturated heterocycles. The van der Waals surface area contributed by atoms with E-state index in [-0.39, 0.29) is 5.97 Å². The van der Waals surface area contributed by atoms with Gasteiger partial charge in [-0.1, -0.05) is 6.92 Å². The van der Waals surface area contributed by atoms with Crippen molar-refractivity contribution in [3.63, 3.8) is 0 Å². The van der Waals surface area contributed by atoms with Crippen molar-refractivity contribution >= 4 is 5.97 Å². The molecule has 0 radical (unpaired) electrons. The highest BCUT2D eigenvalue weighted by Gasteiger charge is 2.29. The largest absolute Gasteiger partial charge is 0.468 e. The zero-order valence-corrected chi connectivity index (χ0v) is 12.4. The molecule has 18 heavy (non-hydrogen) atoms. The van der Waals surface area contributed by atoms with E-state index < -0.39 is 5.54 Å². The van der Waals surface area contributed by atoms with Crippen LogP contribution in [0, 0.1) is 0 Å². The molecule has 0 aliphatic carbocycles. The van der Waals surface area contributed by atoms with E-state index >= 15 is 0 Å². The van der Waals surface area contributed by atoms with Crippen LogP contribution in [-0.4, -0.2) is 56.4 Å². The molecule has 0 aromatic heterocycles. The minimum atomic E-state index is -0.890. The third-order valence-electron chi connectivity index (χ3n) is 3.23. The Morgan fingerprint density at radius 2 is 2.06 bits per heavy atom. The van der Waals surface area contributed by atoms with Crippen molar-refractivity contribution in [2.75, 3.05) is 33.9 Å². The molecular formula is C13H28N2O3. The van der Waals surface area contributed by atoms with Crippen LogP contribution in [0.2, 0.25) is 0 Å². The van der Waals surface area contributed by atoms with Crippen LogP contribution in [0.5, 0.6) is 0 Å². The number of hydrogen-bond acceptors (Lipinski definition) is 5. The Morgan fingerprint density at radius 1 is 1.44 bits per heavy atom. The van der Waals surface area contributed by atoms with Gasteiger partial charge in [0.1, 0.15) is 5.54 Å². The second-order valence-corrected chi connectivity index (χ2v) is 4.95. The van der Waals surface area contributed by atoms with Gasteiger partial charge in [0.25, 0.3) is 0 Å². The smallest absolute Gasteiger partial charge is 0.325 e. The van der Waals surface area contributed by atoms with Gasteiger partial charge in [0.2, 0.25) is 0 Å². The Balaban J connectivity index is 4.11. The maximum Gasteiger partial charge on any atom is 0.325 e. The van der Waals surface area contributed by atoms with Crippen LogP contribution in [0.4, 0.5) is 0 Å². The summed E-state index contributed by atoms with van der Waals surface area (Å²) in [5.41, 5.74) is 5.03. The number of nitrogens with two attached hydrogens (primary N) is 1. The van der Waals surface area contributed by atoms with Gasteiger partial charge in [-0.2, -0.15) is 0 Å². The standard InChI is InChI=1S/C13H28N2O3/c1-6-15(11(2)10-17-4)9-7-8-13(3,14)12(16)18-5/h11H,6-10,14H2,1-5H3. The van der Waals surface area contributed by atoms with Crippen LogP contribution in [0.15, 0.2) is 0 Å². The van der Waals surface area contributed by atoms with E-state index in [2.05, 4.69) is 23.5 Å². The minimum absolute atomic E-state index is 0.351. The first-order valence-electron chi connectivity index (χ1n) is 6.49. The van der Waals surface area contributed by atoms with E-state index in [4.69, 9.17) is 10.5 Å². The molecule has 0 rings (SSSR count). The van der Waals surface area contributed by atoms with Crippen molar-refractivity contribution in [3.8, 4) is 0 Å². The van der Waals surface area contributed by atoms with Crippen molar-refractivity contribution < 1.29 is 14.3 Å². The molecule has 2 unspecified atom stereocenters. The maximum atomic E-state index is 11.4. The molecule has 0 amide bonds. The summed E-state index contributed by atoms with van der Waals surface area (Å²) in [6, 6.07) is 0.377. The van der Waals surface area contributed by atoms with Gasteiger partial charge >= 0.3 is 5.97 Å². The summed E-state index contributed by atoms with van der Waals surface area (Å²) in [6.07, 6.45) is 1.49. The number of carbonyl (C=O) groups is 1. The van der Waals surface area contributed by atoms with Gasteiger partial charge in [-0.15, -0.1) is 0 Å². The molecule has 2 atom stereocenters. The number of nitrogens with zero attached hydrogens (tertiary/aromatic N) is 1. The third-order valence-corrected chi connectivity index (χ3v) is 3.23. The van der Waals surface area contributed by atoms with Gasteiger partial charge in [-0.05, 0) is 39.8 Å². The number of rotatable bonds is 9. The second kappa shape index (κ2) is 8.45. The number of ether oxygens (including phenoxy) is 2. The van der Waals surface area contributed by atoms with Gasteiger partial charge in [-0.25, -0.2) is 0 Å². The fourth-order valence-electron chi connectivity index (χ4n) is 2.02. The lowest BCUT2D eigenvalue weighted by atomic mass is 9.97. The number of likely N-dealkylation sites (N-methyl/N-ethyl adjacent to an activating group) is 1. The molecule has 0 fully saturated rings. The van der Waals surface area contributed by atoms with E-state index in [9.17, 15) is 4.79 Å². The summed E-state index contributed by atoms with van der Waals surface area (Å²) >= 11 is 0. The predicted octanol–water partition coefficient (Wildman–Crippen LogP) is 1.01. The highest BCUT2D eigenvalue weighted by Crippen LogP contribution is 2.12. The highest BCUT2D eigenvalue weighted by molar-refractivity contribution is 5.79. The van der Waals surface area contributed by atoms with Crippen LogP contribution in [-0.2, 0) is 14.3 Å². The Kier molecular flexibility index (Phi) is 8.15. The first kappa shape index (κ1) is 17.4. The second-order valence-electron chi connectivity index (χ2n) is 4.95. The van der Waals surface area contributed by atoms with Crippen LogP contribution in [0.1, 0.15) is 33.6 Å². The van der Waals surface area contributed by atoms with Crippen LogP contribution >= 0.6 is 0 Å². The molecule has 5 nitrogen and oxygen atoms in total. The fraction of sp³-hybridized carbons (Fsp3) is 0.923. The molecule has 0 heterocycles. The third kappa shape index (κ3) is 5.80. The van der Waals surface area contributed by atoms with Crippen LogP contribution in [0.25, 0.3) is 0 Å². The number of carbonyl (C=O) groups excluding carboxylic acids is 1. The van der Waals surface area contributed by atoms with Gasteiger partial charge in [-0.3, -0.25) is 9.69 Å². The van der Waals surface area contributed by atoms with E-state index in [0.29, 0.717) is 19.1 Å². The maximum absolute atomic E-state index is 11.4. The molecular weight excluding hydrogens is 232 g/mol. The predicted molar refractivity (Wildman–Crippen MR) is 72.4 cm³/mol. The van der Waals surface area contributed by atoms with E-state index in [1.54, 1.807) is 14.0 Å². The normalized spacial score (nSPS) is 16.4. The molecule has 2 N–H and O–H groups in total. The van der Waals surface area contributed by atoms with Crippen molar-refractivity contribution in [1.29, 1.82) is 0 Å². The number of esters is 1. The molecule has 5 heteroatoms. The van der Waals surface area contributed by atoms with Gasteiger partial charge in [0, 0.05) is 13.2 Å². The lowest BCUT2D eigenvalue weighted by Crippen LogP contribution is -2.46. The Bertz CT molecular complexity index is 244. The Labute approximate surface area is 111 Å². The quantitative estimate of drug-likeness (QED) is 0.627. The average Bonchev–Trinajstić information content (AvgIpc) is 2.33. The lowest BCUT2D eigenvalue weighted by Gasteiger charge is -2.29. The Morgan fingerprint density at radius 3 is 2.50 bits per heavy atom. The molecule has 0 saturated carbocycles. The summed E-state index contributed by atoms with van der Waals surface area (Å²) < 4.78 is 9.84. The summed E-state index contributed by atoms with van der Waals surface area (Å²) in [5, 5.41) is 0. The van der Waals surface area contributed by atoms with Crippen molar-refractivity contribution in [2.24, 2.45) is 5.73 Å². The van der Waals surface area contributed by atoms with Crippen LogP contribution < -0.4 is 5.73 Å². The van der Waals surface area contributed by atoms with Crippen molar-refractivity contribution in [1.82, 2.24) is 4.90 Å². The topological polar surface area (TPSA) is 64.8 Å². The van der Waals surface area contributed by atoms with E-state index in [1.165, 1.54) is 7.11 Å². The van der Waals surface area contributed by atoms with Crippen molar-refractivity contribution in [2.45, 2.75) is 45.2 Å². The summed E-state index contributed by atoms with van der Waals surface area (Å²) in [4.78, 5) is 13.8. The SMILES string of the molecule is CCN(CCCC(C)(N)C(=O)OC)C(C)COC. The van der Waals surface area contributed by atoms with Crippen LogP contribution in [0.3, 0.4) is 0 Å². The summed E-state index contributed by atoms with van der Waals surface area (Å²) in [6.45, 7) is 8.55. The Hall–Kier alpha value is -0.650. The molecule has 0 aromatic carbocycles. The minimum Gasteiger partial charge on any atom is -0.468 e. The number of hydrogen-bond donors (Lipinski definition) is 1. The summed E-state index contributed by atoms with van der Waals surface area (Å²) in [7, 11) is 3.07. The van der Waals surface area contributed by atoms with Crippen molar-refractivity contribution in [3.05, 3.63) is 0 Å². The molecule has 0 bridgehead atoms. The fourth-order valence-corrected chi connectivity index (χ4v) is 2.02. The first-order chi connectivity index (χ1) is 8.38. The van der Waals surface area contributed by atoms with E-state index in [0.717, 1.165) is 19.5 Å². The zero-order chi connectivity index (χ0) is 14.2.